The molecule has 0 spiro atoms. The smallest absolute Gasteiger partial charge is 0.146 e. The molecule has 3 rings (SSSR count). The van der Waals surface area contributed by atoms with Gasteiger partial charge in [-0.1, -0.05) is 44.7 Å². The number of para-hydroxylation sites is 1. The first-order valence-corrected chi connectivity index (χ1v) is 9.01. The maximum Gasteiger partial charge on any atom is 0.146 e. The SMILES string of the molecule is CCC1CC(NC2CCCCC2)CN(c2ccccc2F)C1. The Bertz CT molecular complexity index is 470. The number of nitrogens with zero attached hydrogens (tertiary/aromatic N) is 1. The number of anilines is 1. The van der Waals surface area contributed by atoms with Crippen molar-refractivity contribution in [3.8, 4) is 0 Å². The van der Waals surface area contributed by atoms with E-state index in [4.69, 9.17) is 0 Å². The van der Waals surface area contributed by atoms with Crippen molar-refractivity contribution < 1.29 is 4.39 Å². The van der Waals surface area contributed by atoms with Gasteiger partial charge in [-0.25, -0.2) is 4.39 Å². The molecule has 1 heterocycles. The van der Waals surface area contributed by atoms with Crippen LogP contribution in [-0.4, -0.2) is 25.2 Å². The first-order chi connectivity index (χ1) is 10.8. The quantitative estimate of drug-likeness (QED) is 0.889. The summed E-state index contributed by atoms with van der Waals surface area (Å²) < 4.78 is 14.1. The molecule has 2 unspecified atom stereocenters. The highest BCUT2D eigenvalue weighted by Crippen LogP contribution is 2.28. The first-order valence-electron chi connectivity index (χ1n) is 9.01. The number of piperidine rings is 1. The third-order valence-corrected chi connectivity index (χ3v) is 5.38. The number of rotatable bonds is 4. The predicted octanol–water partition coefficient (Wildman–Crippen LogP) is 4.35. The van der Waals surface area contributed by atoms with E-state index in [0.717, 1.165) is 18.8 Å². The lowest BCUT2D eigenvalue weighted by Crippen LogP contribution is -2.52. The highest BCUT2D eigenvalue weighted by Gasteiger charge is 2.29. The molecule has 1 aromatic carbocycles. The van der Waals surface area contributed by atoms with Crippen molar-refractivity contribution in [2.75, 3.05) is 18.0 Å². The lowest BCUT2D eigenvalue weighted by Gasteiger charge is -2.41. The Morgan fingerprint density at radius 3 is 2.59 bits per heavy atom. The highest BCUT2D eigenvalue weighted by atomic mass is 19.1. The van der Waals surface area contributed by atoms with Crippen LogP contribution < -0.4 is 10.2 Å². The van der Waals surface area contributed by atoms with Crippen LogP contribution in [-0.2, 0) is 0 Å². The van der Waals surface area contributed by atoms with Crippen LogP contribution in [0.25, 0.3) is 0 Å². The van der Waals surface area contributed by atoms with Gasteiger partial charge in [0.15, 0.2) is 0 Å². The second-order valence-corrected chi connectivity index (χ2v) is 7.06. The monoisotopic (exact) mass is 304 g/mol. The summed E-state index contributed by atoms with van der Waals surface area (Å²) in [5, 5.41) is 3.88. The second kappa shape index (κ2) is 7.45. The molecule has 2 nitrogen and oxygen atoms in total. The van der Waals surface area contributed by atoms with Gasteiger partial charge in [-0.15, -0.1) is 0 Å². The number of nitrogens with one attached hydrogen (secondary N) is 1. The van der Waals surface area contributed by atoms with Gasteiger partial charge in [-0.2, -0.15) is 0 Å². The minimum Gasteiger partial charge on any atom is -0.367 e. The fourth-order valence-electron chi connectivity index (χ4n) is 4.13. The molecule has 3 heteroatoms. The summed E-state index contributed by atoms with van der Waals surface area (Å²) in [7, 11) is 0. The van der Waals surface area contributed by atoms with Crippen LogP contribution in [0.4, 0.5) is 10.1 Å². The summed E-state index contributed by atoms with van der Waals surface area (Å²) in [5.74, 6) is 0.574. The van der Waals surface area contributed by atoms with E-state index in [1.807, 2.05) is 12.1 Å². The van der Waals surface area contributed by atoms with Gasteiger partial charge in [0.05, 0.1) is 5.69 Å². The Morgan fingerprint density at radius 1 is 1.09 bits per heavy atom. The number of hydrogen-bond donors (Lipinski definition) is 1. The van der Waals surface area contributed by atoms with Gasteiger partial charge in [0, 0.05) is 25.2 Å². The van der Waals surface area contributed by atoms with Crippen LogP contribution in [0.2, 0.25) is 0 Å². The maximum atomic E-state index is 14.1. The van der Waals surface area contributed by atoms with Gasteiger partial charge < -0.3 is 10.2 Å². The van der Waals surface area contributed by atoms with Crippen LogP contribution in [0.15, 0.2) is 24.3 Å². The molecular formula is C19H29FN2. The largest absolute Gasteiger partial charge is 0.367 e. The van der Waals surface area contributed by atoms with Gasteiger partial charge in [-0.05, 0) is 37.3 Å². The van der Waals surface area contributed by atoms with Crippen molar-refractivity contribution >= 4 is 5.69 Å². The second-order valence-electron chi connectivity index (χ2n) is 7.06. The number of halogens is 1. The zero-order valence-electron chi connectivity index (χ0n) is 13.7. The van der Waals surface area contributed by atoms with Gasteiger partial charge in [0.2, 0.25) is 0 Å². The minimum atomic E-state index is -0.0873. The molecule has 2 aliphatic rings. The van der Waals surface area contributed by atoms with Gasteiger partial charge in [-0.3, -0.25) is 0 Å². The average Bonchev–Trinajstić information content (AvgIpc) is 2.56. The Balaban J connectivity index is 1.68. The van der Waals surface area contributed by atoms with Crippen LogP contribution >= 0.6 is 0 Å². The summed E-state index contributed by atoms with van der Waals surface area (Å²) in [4.78, 5) is 2.26. The van der Waals surface area contributed by atoms with E-state index in [1.165, 1.54) is 44.9 Å². The van der Waals surface area contributed by atoms with E-state index in [9.17, 15) is 4.39 Å². The van der Waals surface area contributed by atoms with E-state index in [1.54, 1.807) is 12.1 Å². The maximum absolute atomic E-state index is 14.1. The van der Waals surface area contributed by atoms with Gasteiger partial charge in [0.25, 0.3) is 0 Å². The summed E-state index contributed by atoms with van der Waals surface area (Å²) >= 11 is 0. The predicted molar refractivity (Wildman–Crippen MR) is 90.8 cm³/mol. The van der Waals surface area contributed by atoms with E-state index in [2.05, 4.69) is 17.1 Å². The molecule has 1 N–H and O–H groups in total. The Morgan fingerprint density at radius 2 is 1.86 bits per heavy atom. The topological polar surface area (TPSA) is 15.3 Å². The van der Waals surface area contributed by atoms with Gasteiger partial charge in [0.1, 0.15) is 5.82 Å². The molecule has 0 bridgehead atoms. The molecule has 1 aliphatic heterocycles. The molecular weight excluding hydrogens is 275 g/mol. The van der Waals surface area contributed by atoms with Crippen molar-refractivity contribution in [3.63, 3.8) is 0 Å². The number of benzene rings is 1. The third kappa shape index (κ3) is 3.81. The van der Waals surface area contributed by atoms with Crippen molar-refractivity contribution in [2.24, 2.45) is 5.92 Å². The van der Waals surface area contributed by atoms with Crippen molar-refractivity contribution in [1.29, 1.82) is 0 Å². The summed E-state index contributed by atoms with van der Waals surface area (Å²) in [6.07, 6.45) is 9.14. The van der Waals surface area contributed by atoms with Crippen molar-refractivity contribution in [1.82, 2.24) is 5.32 Å². The fourth-order valence-corrected chi connectivity index (χ4v) is 4.13. The molecule has 0 amide bonds. The average molecular weight is 304 g/mol. The lowest BCUT2D eigenvalue weighted by atomic mass is 9.89. The Hall–Kier alpha value is -1.09. The minimum absolute atomic E-state index is 0.0873. The zero-order valence-corrected chi connectivity index (χ0v) is 13.7. The summed E-state index contributed by atoms with van der Waals surface area (Å²) in [6.45, 7) is 4.18. The molecule has 1 aliphatic carbocycles. The van der Waals surface area contributed by atoms with Crippen molar-refractivity contribution in [3.05, 3.63) is 30.1 Å². The van der Waals surface area contributed by atoms with Crippen molar-refractivity contribution in [2.45, 2.75) is 64.0 Å². The van der Waals surface area contributed by atoms with E-state index < -0.39 is 0 Å². The fraction of sp³-hybridized carbons (Fsp3) is 0.684. The molecule has 1 saturated heterocycles. The molecule has 1 aromatic rings. The van der Waals surface area contributed by atoms with Crippen LogP contribution in [0, 0.1) is 11.7 Å². The standard InChI is InChI=1S/C19H29FN2/c1-2-15-12-17(21-16-8-4-3-5-9-16)14-22(13-15)19-11-7-6-10-18(19)20/h6-7,10-11,15-17,21H,2-5,8-9,12-14H2,1H3. The molecule has 2 fully saturated rings. The molecule has 122 valence electrons. The first kappa shape index (κ1) is 15.8. The van der Waals surface area contributed by atoms with Gasteiger partial charge >= 0.3 is 0 Å². The molecule has 1 saturated carbocycles. The normalized spacial score (nSPS) is 27.1. The molecule has 0 aromatic heterocycles. The summed E-state index contributed by atoms with van der Waals surface area (Å²) in [6, 6.07) is 8.40. The third-order valence-electron chi connectivity index (χ3n) is 5.38. The lowest BCUT2D eigenvalue weighted by molar-refractivity contribution is 0.273. The number of hydrogen-bond acceptors (Lipinski definition) is 2. The Kier molecular flexibility index (Phi) is 5.35. The molecule has 22 heavy (non-hydrogen) atoms. The molecule has 0 radical (unpaired) electrons. The Labute approximate surface area is 134 Å². The van der Waals surface area contributed by atoms with Crippen LogP contribution in [0.3, 0.4) is 0 Å². The van der Waals surface area contributed by atoms with Crippen LogP contribution in [0.5, 0.6) is 0 Å². The van der Waals surface area contributed by atoms with E-state index in [0.29, 0.717) is 18.0 Å². The van der Waals surface area contributed by atoms with E-state index in [-0.39, 0.29) is 5.82 Å². The van der Waals surface area contributed by atoms with E-state index >= 15 is 0 Å². The highest BCUT2D eigenvalue weighted by molar-refractivity contribution is 5.48. The van der Waals surface area contributed by atoms with Crippen LogP contribution in [0.1, 0.15) is 51.9 Å². The summed E-state index contributed by atoms with van der Waals surface area (Å²) in [5.41, 5.74) is 0.774. The zero-order chi connectivity index (χ0) is 15.4. The molecule has 2 atom stereocenters.